The number of rotatable bonds is 4. The average Bonchev–Trinajstić information content (AvgIpc) is 2.27. The second-order valence-corrected chi connectivity index (χ2v) is 5.77. The highest BCUT2D eigenvalue weighted by atomic mass is 32.2. The first-order chi connectivity index (χ1) is 7.84. The Morgan fingerprint density at radius 2 is 1.88 bits per heavy atom. The number of sulfone groups is 1. The minimum absolute atomic E-state index is 0.243. The summed E-state index contributed by atoms with van der Waals surface area (Å²) in [6, 6.07) is 5.53. The summed E-state index contributed by atoms with van der Waals surface area (Å²) < 4.78 is 26.9. The van der Waals surface area contributed by atoms with E-state index in [1.807, 2.05) is 0 Å². The first-order valence-corrected chi connectivity index (χ1v) is 6.86. The molecule has 0 aliphatic rings. The fourth-order valence-corrected chi connectivity index (χ4v) is 1.99. The molecule has 0 aromatic heterocycles. The van der Waals surface area contributed by atoms with E-state index in [1.165, 1.54) is 19.2 Å². The maximum atomic E-state index is 11.2. The van der Waals surface area contributed by atoms with Crippen molar-refractivity contribution in [2.45, 2.75) is 17.4 Å². The van der Waals surface area contributed by atoms with Crippen LogP contribution in [-0.2, 0) is 25.8 Å². The summed E-state index contributed by atoms with van der Waals surface area (Å²) in [5.41, 5.74) is 6.38. The molecule has 1 rings (SSSR count). The van der Waals surface area contributed by atoms with Gasteiger partial charge in [0.15, 0.2) is 9.84 Å². The van der Waals surface area contributed by atoms with Crippen molar-refractivity contribution in [1.29, 1.82) is 0 Å². The molecule has 0 bridgehead atoms. The Labute approximate surface area is 100 Å². The topological polar surface area (TPSA) is 86.5 Å². The van der Waals surface area contributed by atoms with Crippen molar-refractivity contribution in [3.63, 3.8) is 0 Å². The number of hydrogen-bond donors (Lipinski definition) is 1. The van der Waals surface area contributed by atoms with E-state index in [-0.39, 0.29) is 4.90 Å². The highest BCUT2D eigenvalue weighted by molar-refractivity contribution is 7.90. The molecule has 0 fully saturated rings. The molecule has 0 unspecified atom stereocenters. The number of ether oxygens (including phenoxy) is 1. The molecule has 5 nitrogen and oxygen atoms in total. The van der Waals surface area contributed by atoms with Crippen LogP contribution in [-0.4, -0.2) is 33.8 Å². The van der Waals surface area contributed by atoms with E-state index in [9.17, 15) is 13.2 Å². The molecule has 0 aliphatic heterocycles. The monoisotopic (exact) mass is 257 g/mol. The molecule has 17 heavy (non-hydrogen) atoms. The Morgan fingerprint density at radius 3 is 2.29 bits per heavy atom. The number of benzene rings is 1. The molecular weight excluding hydrogens is 242 g/mol. The molecule has 0 aliphatic carbocycles. The standard InChI is InChI=1S/C11H15NO4S/c1-16-11(13)10(12)7-8-3-5-9(6-4-8)17(2,14)15/h3-6,10H,7,12H2,1-2H3/t10-/m0/s1. The summed E-state index contributed by atoms with van der Waals surface area (Å²) in [7, 11) is -1.92. The van der Waals surface area contributed by atoms with Gasteiger partial charge in [-0.2, -0.15) is 0 Å². The minimum atomic E-state index is -3.19. The number of carbonyl (C=O) groups excluding carboxylic acids is 1. The highest BCUT2D eigenvalue weighted by Crippen LogP contribution is 2.11. The molecule has 1 aromatic rings. The minimum Gasteiger partial charge on any atom is -0.468 e. The summed E-state index contributed by atoms with van der Waals surface area (Å²) in [6.45, 7) is 0. The average molecular weight is 257 g/mol. The van der Waals surface area contributed by atoms with Gasteiger partial charge in [-0.05, 0) is 24.1 Å². The van der Waals surface area contributed by atoms with Gasteiger partial charge in [-0.1, -0.05) is 12.1 Å². The molecule has 2 N–H and O–H groups in total. The van der Waals surface area contributed by atoms with Crippen LogP contribution in [0.1, 0.15) is 5.56 Å². The zero-order valence-corrected chi connectivity index (χ0v) is 10.5. The SMILES string of the molecule is COC(=O)[C@@H](N)Cc1ccc(S(C)(=O)=O)cc1. The van der Waals surface area contributed by atoms with Crippen molar-refractivity contribution < 1.29 is 17.9 Å². The summed E-state index contributed by atoms with van der Waals surface area (Å²) in [4.78, 5) is 11.3. The second-order valence-electron chi connectivity index (χ2n) is 3.75. The van der Waals surface area contributed by atoms with Crippen LogP contribution in [0.5, 0.6) is 0 Å². The predicted molar refractivity (Wildman–Crippen MR) is 63.2 cm³/mol. The maximum absolute atomic E-state index is 11.2. The van der Waals surface area contributed by atoms with Gasteiger partial charge in [0.2, 0.25) is 0 Å². The van der Waals surface area contributed by atoms with Crippen molar-refractivity contribution in [2.75, 3.05) is 13.4 Å². The van der Waals surface area contributed by atoms with E-state index in [0.717, 1.165) is 11.8 Å². The smallest absolute Gasteiger partial charge is 0.322 e. The van der Waals surface area contributed by atoms with Crippen molar-refractivity contribution in [2.24, 2.45) is 5.73 Å². The summed E-state index contributed by atoms with van der Waals surface area (Å²) in [5, 5.41) is 0. The first kappa shape index (κ1) is 13.7. The third kappa shape index (κ3) is 3.83. The van der Waals surface area contributed by atoms with E-state index >= 15 is 0 Å². The van der Waals surface area contributed by atoms with Crippen LogP contribution in [0.2, 0.25) is 0 Å². The van der Waals surface area contributed by atoms with Crippen LogP contribution in [0, 0.1) is 0 Å². The van der Waals surface area contributed by atoms with Crippen LogP contribution >= 0.6 is 0 Å². The van der Waals surface area contributed by atoms with E-state index in [4.69, 9.17) is 5.73 Å². The van der Waals surface area contributed by atoms with Crippen LogP contribution in [0.25, 0.3) is 0 Å². The normalized spacial score (nSPS) is 13.1. The van der Waals surface area contributed by atoms with Gasteiger partial charge in [0.05, 0.1) is 12.0 Å². The van der Waals surface area contributed by atoms with Crippen molar-refractivity contribution >= 4 is 15.8 Å². The molecular formula is C11H15NO4S. The largest absolute Gasteiger partial charge is 0.468 e. The highest BCUT2D eigenvalue weighted by Gasteiger charge is 2.14. The molecule has 6 heteroatoms. The van der Waals surface area contributed by atoms with E-state index in [0.29, 0.717) is 6.42 Å². The van der Waals surface area contributed by atoms with Crippen LogP contribution in [0.3, 0.4) is 0 Å². The van der Waals surface area contributed by atoms with E-state index < -0.39 is 21.8 Å². The number of hydrogen-bond acceptors (Lipinski definition) is 5. The van der Waals surface area contributed by atoms with Gasteiger partial charge in [0.25, 0.3) is 0 Å². The van der Waals surface area contributed by atoms with Gasteiger partial charge < -0.3 is 10.5 Å². The Bertz CT molecular complexity index is 493. The van der Waals surface area contributed by atoms with Crippen LogP contribution in [0.15, 0.2) is 29.2 Å². The quantitative estimate of drug-likeness (QED) is 0.775. The lowest BCUT2D eigenvalue weighted by atomic mass is 10.1. The maximum Gasteiger partial charge on any atom is 0.322 e. The molecule has 1 aromatic carbocycles. The molecule has 0 radical (unpaired) electrons. The van der Waals surface area contributed by atoms with Crippen molar-refractivity contribution in [3.8, 4) is 0 Å². The van der Waals surface area contributed by atoms with Crippen LogP contribution in [0.4, 0.5) is 0 Å². The third-order valence-electron chi connectivity index (χ3n) is 2.31. The van der Waals surface area contributed by atoms with Gasteiger partial charge in [-0.15, -0.1) is 0 Å². The van der Waals surface area contributed by atoms with Gasteiger partial charge in [-0.3, -0.25) is 4.79 Å². The molecule has 0 amide bonds. The fourth-order valence-electron chi connectivity index (χ4n) is 1.36. The van der Waals surface area contributed by atoms with Gasteiger partial charge in [-0.25, -0.2) is 8.42 Å². The van der Waals surface area contributed by atoms with E-state index in [2.05, 4.69) is 4.74 Å². The molecule has 94 valence electrons. The van der Waals surface area contributed by atoms with Crippen molar-refractivity contribution in [1.82, 2.24) is 0 Å². The molecule has 0 spiro atoms. The molecule has 0 saturated carbocycles. The third-order valence-corrected chi connectivity index (χ3v) is 3.44. The zero-order valence-electron chi connectivity index (χ0n) is 9.71. The van der Waals surface area contributed by atoms with E-state index in [1.54, 1.807) is 12.1 Å². The Balaban J connectivity index is 2.79. The van der Waals surface area contributed by atoms with Gasteiger partial charge in [0, 0.05) is 6.26 Å². The predicted octanol–water partition coefficient (Wildman–Crippen LogP) is 0.133. The lowest BCUT2D eigenvalue weighted by molar-refractivity contribution is -0.142. The lowest BCUT2D eigenvalue weighted by Crippen LogP contribution is -2.33. The summed E-state index contributed by atoms with van der Waals surface area (Å²) in [6.07, 6.45) is 1.46. The van der Waals surface area contributed by atoms with Crippen molar-refractivity contribution in [3.05, 3.63) is 29.8 Å². The second kappa shape index (κ2) is 5.29. The summed E-state index contributed by atoms with van der Waals surface area (Å²) >= 11 is 0. The lowest BCUT2D eigenvalue weighted by Gasteiger charge is -2.09. The van der Waals surface area contributed by atoms with Gasteiger partial charge in [0.1, 0.15) is 6.04 Å². The Hall–Kier alpha value is -1.40. The van der Waals surface area contributed by atoms with Gasteiger partial charge >= 0.3 is 5.97 Å². The van der Waals surface area contributed by atoms with Crippen LogP contribution < -0.4 is 5.73 Å². The number of nitrogens with two attached hydrogens (primary N) is 1. The number of carbonyl (C=O) groups is 1. The molecule has 1 atom stereocenters. The molecule has 0 saturated heterocycles. The summed E-state index contributed by atoms with van der Waals surface area (Å²) in [5.74, 6) is -0.489. The number of esters is 1. The zero-order chi connectivity index (χ0) is 13.1. The fraction of sp³-hybridized carbons (Fsp3) is 0.364. The molecule has 0 heterocycles. The Morgan fingerprint density at radius 1 is 1.35 bits per heavy atom. The first-order valence-electron chi connectivity index (χ1n) is 4.97. The Kier molecular flexibility index (Phi) is 4.25. The number of methoxy groups -OCH3 is 1.